The maximum Gasteiger partial charge on any atom is 0.255 e. The Labute approximate surface area is 123 Å². The second-order valence-corrected chi connectivity index (χ2v) is 5.80. The molecule has 0 aromatic heterocycles. The minimum atomic E-state index is -0.827. The molecule has 1 aliphatic rings. The molecule has 0 radical (unpaired) electrons. The molecule has 21 heavy (non-hydrogen) atoms. The zero-order chi connectivity index (χ0) is 15.0. The molecule has 2 aromatic rings. The van der Waals surface area contributed by atoms with Gasteiger partial charge >= 0.3 is 0 Å². The molecular weight excluding hydrogens is 264 g/mol. The van der Waals surface area contributed by atoms with Gasteiger partial charge in [0.1, 0.15) is 5.54 Å². The lowest BCUT2D eigenvalue weighted by Gasteiger charge is -2.41. The Balaban J connectivity index is 2.06. The van der Waals surface area contributed by atoms with Gasteiger partial charge in [-0.05, 0) is 30.7 Å². The zero-order valence-electron chi connectivity index (χ0n) is 12.2. The fourth-order valence-corrected chi connectivity index (χ4v) is 2.81. The van der Waals surface area contributed by atoms with Crippen LogP contribution in [-0.2, 0) is 4.79 Å². The summed E-state index contributed by atoms with van der Waals surface area (Å²) in [6, 6.07) is 13.5. The monoisotopic (exact) mass is 282 g/mol. The van der Waals surface area contributed by atoms with E-state index in [1.54, 1.807) is 18.7 Å². The van der Waals surface area contributed by atoms with Crippen LogP contribution in [0.3, 0.4) is 0 Å². The number of nitrogens with zero attached hydrogens (tertiary/aromatic N) is 1. The molecule has 2 amide bonds. The molecule has 0 unspecified atom stereocenters. The van der Waals surface area contributed by atoms with Gasteiger partial charge in [-0.2, -0.15) is 0 Å². The molecule has 1 N–H and O–H groups in total. The van der Waals surface area contributed by atoms with Gasteiger partial charge in [-0.3, -0.25) is 9.59 Å². The number of benzene rings is 2. The van der Waals surface area contributed by atoms with Crippen LogP contribution in [0.4, 0.5) is 0 Å². The summed E-state index contributed by atoms with van der Waals surface area (Å²) in [6.07, 6.45) is 0. The van der Waals surface area contributed by atoms with Gasteiger partial charge in [0.05, 0.1) is 0 Å². The smallest absolute Gasteiger partial charge is 0.255 e. The van der Waals surface area contributed by atoms with Crippen LogP contribution in [0.15, 0.2) is 42.5 Å². The second kappa shape index (κ2) is 4.88. The maximum absolute atomic E-state index is 12.9. The second-order valence-electron chi connectivity index (χ2n) is 5.80. The number of rotatable bonds is 1. The molecule has 0 bridgehead atoms. The highest BCUT2D eigenvalue weighted by Crippen LogP contribution is 2.25. The number of nitrogens with one attached hydrogen (secondary N) is 1. The molecule has 0 atom stereocenters. The van der Waals surface area contributed by atoms with Crippen LogP contribution in [0.5, 0.6) is 0 Å². The van der Waals surface area contributed by atoms with E-state index in [-0.39, 0.29) is 11.8 Å². The summed E-state index contributed by atoms with van der Waals surface area (Å²) >= 11 is 0. The molecular formula is C17H18N2O2. The van der Waals surface area contributed by atoms with E-state index in [9.17, 15) is 9.59 Å². The van der Waals surface area contributed by atoms with Gasteiger partial charge in [0.15, 0.2) is 0 Å². The fraction of sp³-hybridized carbons (Fsp3) is 0.294. The Hall–Kier alpha value is -2.36. The SMILES string of the molecule is CC1(C)C(=O)NCCN1C(=O)c1cccc2ccccc12. The molecule has 4 nitrogen and oxygen atoms in total. The summed E-state index contributed by atoms with van der Waals surface area (Å²) in [7, 11) is 0. The first-order chi connectivity index (χ1) is 10.0. The Morgan fingerprint density at radius 3 is 2.67 bits per heavy atom. The molecule has 0 saturated carbocycles. The highest BCUT2D eigenvalue weighted by molar-refractivity contribution is 6.08. The normalized spacial score (nSPS) is 17.6. The summed E-state index contributed by atoms with van der Waals surface area (Å²) in [5.74, 6) is -0.200. The average molecular weight is 282 g/mol. The van der Waals surface area contributed by atoms with Gasteiger partial charge in [-0.1, -0.05) is 36.4 Å². The largest absolute Gasteiger partial charge is 0.352 e. The predicted octanol–water partition coefficient (Wildman–Crippen LogP) is 2.19. The zero-order valence-corrected chi connectivity index (χ0v) is 12.2. The summed E-state index contributed by atoms with van der Waals surface area (Å²) in [5, 5.41) is 4.77. The van der Waals surface area contributed by atoms with Gasteiger partial charge in [0.2, 0.25) is 5.91 Å². The molecule has 1 aliphatic heterocycles. The highest BCUT2D eigenvalue weighted by Gasteiger charge is 2.40. The number of carbonyl (C=O) groups excluding carboxylic acids is 2. The quantitative estimate of drug-likeness (QED) is 0.871. The minimum Gasteiger partial charge on any atom is -0.352 e. The van der Waals surface area contributed by atoms with Crippen LogP contribution in [0.25, 0.3) is 10.8 Å². The average Bonchev–Trinajstić information content (AvgIpc) is 2.49. The fourth-order valence-electron chi connectivity index (χ4n) is 2.81. The number of piperazine rings is 1. The Kier molecular flexibility index (Phi) is 3.16. The van der Waals surface area contributed by atoms with E-state index in [0.29, 0.717) is 18.7 Å². The first-order valence-corrected chi connectivity index (χ1v) is 7.10. The molecule has 1 fully saturated rings. The van der Waals surface area contributed by atoms with Gasteiger partial charge in [0, 0.05) is 18.7 Å². The third kappa shape index (κ3) is 2.17. The molecule has 4 heteroatoms. The standard InChI is InChI=1S/C17H18N2O2/c1-17(2)16(21)18-10-11-19(17)15(20)14-9-5-7-12-6-3-4-8-13(12)14/h3-9H,10-11H2,1-2H3,(H,18,21). The van der Waals surface area contributed by atoms with E-state index < -0.39 is 5.54 Å². The van der Waals surface area contributed by atoms with Crippen LogP contribution in [-0.4, -0.2) is 35.3 Å². The maximum atomic E-state index is 12.9. The van der Waals surface area contributed by atoms with E-state index in [2.05, 4.69) is 5.32 Å². The van der Waals surface area contributed by atoms with Crippen LogP contribution in [0.1, 0.15) is 24.2 Å². The minimum absolute atomic E-state index is 0.0911. The van der Waals surface area contributed by atoms with Crippen LogP contribution >= 0.6 is 0 Å². The molecule has 2 aromatic carbocycles. The summed E-state index contributed by atoms with van der Waals surface area (Å²) in [6.45, 7) is 4.59. The first-order valence-electron chi connectivity index (χ1n) is 7.10. The topological polar surface area (TPSA) is 49.4 Å². The number of carbonyl (C=O) groups is 2. The van der Waals surface area contributed by atoms with Crippen molar-refractivity contribution in [2.75, 3.05) is 13.1 Å². The van der Waals surface area contributed by atoms with Gasteiger partial charge < -0.3 is 10.2 Å². The third-order valence-corrected chi connectivity index (χ3v) is 4.12. The molecule has 3 rings (SSSR count). The number of amides is 2. The Morgan fingerprint density at radius 1 is 1.14 bits per heavy atom. The molecule has 108 valence electrons. The summed E-state index contributed by atoms with van der Waals surface area (Å²) < 4.78 is 0. The third-order valence-electron chi connectivity index (χ3n) is 4.12. The predicted molar refractivity (Wildman–Crippen MR) is 82.1 cm³/mol. The van der Waals surface area contributed by atoms with Crippen molar-refractivity contribution in [2.24, 2.45) is 0 Å². The van der Waals surface area contributed by atoms with Crippen molar-refractivity contribution in [2.45, 2.75) is 19.4 Å². The van der Waals surface area contributed by atoms with Gasteiger partial charge in [0.25, 0.3) is 5.91 Å². The number of fused-ring (bicyclic) bond motifs is 1. The van der Waals surface area contributed by atoms with Gasteiger partial charge in [-0.15, -0.1) is 0 Å². The van der Waals surface area contributed by atoms with Crippen molar-refractivity contribution < 1.29 is 9.59 Å². The molecule has 1 saturated heterocycles. The van der Waals surface area contributed by atoms with E-state index in [1.807, 2.05) is 42.5 Å². The van der Waals surface area contributed by atoms with Crippen LogP contribution in [0.2, 0.25) is 0 Å². The van der Waals surface area contributed by atoms with Crippen LogP contribution < -0.4 is 5.32 Å². The first kappa shape index (κ1) is 13.6. The highest BCUT2D eigenvalue weighted by atomic mass is 16.2. The van der Waals surface area contributed by atoms with E-state index >= 15 is 0 Å². The molecule has 0 spiro atoms. The Morgan fingerprint density at radius 2 is 1.86 bits per heavy atom. The molecule has 1 heterocycles. The summed E-state index contributed by atoms with van der Waals surface area (Å²) in [4.78, 5) is 26.6. The van der Waals surface area contributed by atoms with Crippen molar-refractivity contribution in [3.05, 3.63) is 48.0 Å². The van der Waals surface area contributed by atoms with E-state index in [0.717, 1.165) is 10.8 Å². The lowest BCUT2D eigenvalue weighted by Crippen LogP contribution is -2.63. The van der Waals surface area contributed by atoms with E-state index in [4.69, 9.17) is 0 Å². The summed E-state index contributed by atoms with van der Waals surface area (Å²) in [5.41, 5.74) is -0.178. The Bertz CT molecular complexity index is 716. The lowest BCUT2D eigenvalue weighted by molar-refractivity contribution is -0.133. The van der Waals surface area contributed by atoms with Gasteiger partial charge in [-0.25, -0.2) is 0 Å². The van der Waals surface area contributed by atoms with Crippen molar-refractivity contribution in [3.8, 4) is 0 Å². The van der Waals surface area contributed by atoms with Crippen molar-refractivity contribution in [1.29, 1.82) is 0 Å². The molecule has 0 aliphatic carbocycles. The van der Waals surface area contributed by atoms with E-state index in [1.165, 1.54) is 0 Å². The van der Waals surface area contributed by atoms with Crippen molar-refractivity contribution >= 4 is 22.6 Å². The van der Waals surface area contributed by atoms with Crippen molar-refractivity contribution in [1.82, 2.24) is 10.2 Å². The van der Waals surface area contributed by atoms with Crippen LogP contribution in [0, 0.1) is 0 Å². The van der Waals surface area contributed by atoms with Crippen molar-refractivity contribution in [3.63, 3.8) is 0 Å². The number of hydrogen-bond acceptors (Lipinski definition) is 2. The number of hydrogen-bond donors (Lipinski definition) is 1. The lowest BCUT2D eigenvalue weighted by atomic mass is 9.96.